The second-order valence-electron chi connectivity index (χ2n) is 9.83. The number of likely N-dealkylation sites (tertiary alicyclic amines) is 1. The van der Waals surface area contributed by atoms with Crippen LogP contribution in [0.4, 0.5) is 5.95 Å². The third kappa shape index (κ3) is 6.15. The Labute approximate surface area is 228 Å². The molecule has 6 nitrogen and oxygen atoms in total. The first kappa shape index (κ1) is 25.7. The Morgan fingerprint density at radius 2 is 1.78 bits per heavy atom. The van der Waals surface area contributed by atoms with Gasteiger partial charge in [-0.25, -0.2) is 15.0 Å². The minimum absolute atomic E-state index is 0.00543. The highest BCUT2D eigenvalue weighted by molar-refractivity contribution is 6.34. The first-order valence-electron chi connectivity index (χ1n) is 12.7. The van der Waals surface area contributed by atoms with Crippen molar-refractivity contribution in [2.75, 3.05) is 18.4 Å². The van der Waals surface area contributed by atoms with Gasteiger partial charge in [-0.1, -0.05) is 41.4 Å². The summed E-state index contributed by atoms with van der Waals surface area (Å²) in [5.74, 6) is 1.13. The number of hydrogen-bond acceptors (Lipinski definition) is 6. The summed E-state index contributed by atoms with van der Waals surface area (Å²) in [7, 11) is 0. The predicted molar refractivity (Wildman–Crippen MR) is 152 cm³/mol. The maximum Gasteiger partial charge on any atom is 0.233 e. The van der Waals surface area contributed by atoms with Crippen LogP contribution >= 0.6 is 23.2 Å². The van der Waals surface area contributed by atoms with E-state index in [0.717, 1.165) is 65.2 Å². The smallest absolute Gasteiger partial charge is 0.233 e. The van der Waals surface area contributed by atoms with Crippen LogP contribution in [0.5, 0.6) is 5.88 Å². The van der Waals surface area contributed by atoms with Crippen molar-refractivity contribution in [3.63, 3.8) is 0 Å². The van der Waals surface area contributed by atoms with Crippen LogP contribution in [-0.4, -0.2) is 45.1 Å². The first-order valence-corrected chi connectivity index (χ1v) is 13.4. The van der Waals surface area contributed by atoms with Crippen LogP contribution in [-0.2, 0) is 6.54 Å². The summed E-state index contributed by atoms with van der Waals surface area (Å²) in [5.41, 5.74) is 4.98. The van der Waals surface area contributed by atoms with Gasteiger partial charge in [-0.05, 0) is 75.1 Å². The molecule has 4 aromatic rings. The number of halogens is 2. The van der Waals surface area contributed by atoms with Gasteiger partial charge in [-0.15, -0.1) is 0 Å². The zero-order chi connectivity index (χ0) is 25.9. The summed E-state index contributed by atoms with van der Waals surface area (Å²) < 4.78 is 5.76. The van der Waals surface area contributed by atoms with E-state index in [1.807, 2.05) is 51.1 Å². The highest BCUT2D eigenvalue weighted by atomic mass is 35.5. The number of nitrogens with one attached hydrogen (secondary N) is 1. The number of pyridine rings is 1. The molecule has 3 heterocycles. The summed E-state index contributed by atoms with van der Waals surface area (Å²) in [6.45, 7) is 8.95. The second kappa shape index (κ2) is 11.2. The van der Waals surface area contributed by atoms with Crippen molar-refractivity contribution in [3.05, 3.63) is 76.0 Å². The van der Waals surface area contributed by atoms with Gasteiger partial charge in [0, 0.05) is 47.8 Å². The van der Waals surface area contributed by atoms with Crippen LogP contribution < -0.4 is 10.1 Å². The van der Waals surface area contributed by atoms with Crippen LogP contribution in [0, 0.1) is 6.92 Å². The molecule has 5 rings (SSSR count). The van der Waals surface area contributed by atoms with E-state index in [1.54, 1.807) is 6.20 Å². The largest absolute Gasteiger partial charge is 0.474 e. The Bertz CT molecular complexity index is 1390. The molecule has 2 aromatic heterocycles. The maximum atomic E-state index is 6.64. The fraction of sp³-hybridized carbons (Fsp3) is 0.345. The van der Waals surface area contributed by atoms with E-state index in [9.17, 15) is 0 Å². The normalized spacial score (nSPS) is 14.9. The SMILES string of the molecule is Cc1nc(NC2CCN(Cc3ccc(Cl)cc3)CC2)nc2ccc(-c3ccnc(OC(C)C)c3Cl)cc12. The standard InChI is InChI=1S/C29H31Cl2N5O/c1-18(2)37-28-27(31)24(10-13-32-28)21-6-9-26-25(16-21)19(3)33-29(35-26)34-23-11-14-36(15-12-23)17-20-4-7-22(30)8-5-20/h4-10,13,16,18,23H,11-12,14-15,17H2,1-3H3,(H,33,34,35). The number of rotatable bonds is 7. The molecule has 1 aliphatic rings. The second-order valence-corrected chi connectivity index (χ2v) is 10.6. The van der Waals surface area contributed by atoms with Crippen molar-refractivity contribution >= 4 is 40.1 Å². The van der Waals surface area contributed by atoms with Crippen LogP contribution in [0.3, 0.4) is 0 Å². The van der Waals surface area contributed by atoms with Gasteiger partial charge in [0.2, 0.25) is 11.8 Å². The maximum absolute atomic E-state index is 6.64. The van der Waals surface area contributed by atoms with Gasteiger partial charge >= 0.3 is 0 Å². The van der Waals surface area contributed by atoms with Gasteiger partial charge in [0.1, 0.15) is 5.02 Å². The van der Waals surface area contributed by atoms with E-state index in [1.165, 1.54) is 5.56 Å². The Kier molecular flexibility index (Phi) is 7.79. The number of benzene rings is 2. The van der Waals surface area contributed by atoms with E-state index in [4.69, 9.17) is 37.9 Å². The molecule has 1 fully saturated rings. The fourth-order valence-electron chi connectivity index (χ4n) is 4.73. The molecule has 1 N–H and O–H groups in total. The summed E-state index contributed by atoms with van der Waals surface area (Å²) in [5, 5.41) is 5.86. The summed E-state index contributed by atoms with van der Waals surface area (Å²) in [4.78, 5) is 16.4. The predicted octanol–water partition coefficient (Wildman–Crippen LogP) is 7.17. The quantitative estimate of drug-likeness (QED) is 0.270. The molecule has 1 aliphatic heterocycles. The lowest BCUT2D eigenvalue weighted by molar-refractivity contribution is 0.211. The van der Waals surface area contributed by atoms with E-state index >= 15 is 0 Å². The van der Waals surface area contributed by atoms with E-state index in [2.05, 4.69) is 33.4 Å². The van der Waals surface area contributed by atoms with Gasteiger partial charge in [-0.3, -0.25) is 4.90 Å². The molecule has 0 amide bonds. The number of hydrogen-bond donors (Lipinski definition) is 1. The van der Waals surface area contributed by atoms with Crippen molar-refractivity contribution in [3.8, 4) is 17.0 Å². The molecule has 8 heteroatoms. The lowest BCUT2D eigenvalue weighted by atomic mass is 10.0. The molecule has 0 bridgehead atoms. The molecule has 0 aliphatic carbocycles. The number of ether oxygens (including phenoxy) is 1. The van der Waals surface area contributed by atoms with Crippen LogP contribution in [0.1, 0.15) is 37.9 Å². The molecule has 2 aromatic carbocycles. The Morgan fingerprint density at radius 1 is 1.03 bits per heavy atom. The van der Waals surface area contributed by atoms with Crippen molar-refractivity contribution in [2.24, 2.45) is 0 Å². The molecule has 192 valence electrons. The molecule has 0 radical (unpaired) electrons. The molecule has 1 saturated heterocycles. The van der Waals surface area contributed by atoms with Crippen LogP contribution in [0.2, 0.25) is 10.0 Å². The first-order chi connectivity index (χ1) is 17.9. The van der Waals surface area contributed by atoms with Crippen molar-refractivity contribution in [2.45, 2.75) is 52.3 Å². The third-order valence-electron chi connectivity index (χ3n) is 6.64. The lowest BCUT2D eigenvalue weighted by Crippen LogP contribution is -2.39. The zero-order valence-electron chi connectivity index (χ0n) is 21.3. The van der Waals surface area contributed by atoms with E-state index in [0.29, 0.717) is 22.9 Å². The summed E-state index contributed by atoms with van der Waals surface area (Å²) in [6, 6.07) is 16.5. The molecule has 37 heavy (non-hydrogen) atoms. The van der Waals surface area contributed by atoms with E-state index in [-0.39, 0.29) is 6.10 Å². The average Bonchev–Trinajstić information content (AvgIpc) is 2.88. The lowest BCUT2D eigenvalue weighted by Gasteiger charge is -2.32. The minimum atomic E-state index is -0.00543. The van der Waals surface area contributed by atoms with Crippen molar-refractivity contribution in [1.82, 2.24) is 19.9 Å². The molecular formula is C29H31Cl2N5O. The highest BCUT2D eigenvalue weighted by Crippen LogP contribution is 2.35. The molecular weight excluding hydrogens is 505 g/mol. The van der Waals surface area contributed by atoms with Gasteiger partial charge in [-0.2, -0.15) is 0 Å². The van der Waals surface area contributed by atoms with Crippen molar-refractivity contribution < 1.29 is 4.74 Å². The number of aromatic nitrogens is 3. The molecule has 0 saturated carbocycles. The molecule has 0 unspecified atom stereocenters. The Hall–Kier alpha value is -2.93. The Balaban J connectivity index is 1.27. The van der Waals surface area contributed by atoms with Crippen LogP contribution in [0.15, 0.2) is 54.7 Å². The highest BCUT2D eigenvalue weighted by Gasteiger charge is 2.20. The molecule has 0 atom stereocenters. The number of fused-ring (bicyclic) bond motifs is 1. The number of piperidine rings is 1. The van der Waals surface area contributed by atoms with Crippen LogP contribution in [0.25, 0.3) is 22.0 Å². The third-order valence-corrected chi connectivity index (χ3v) is 7.26. The van der Waals surface area contributed by atoms with Gasteiger partial charge in [0.05, 0.1) is 17.3 Å². The minimum Gasteiger partial charge on any atom is -0.474 e. The summed E-state index contributed by atoms with van der Waals surface area (Å²) >= 11 is 12.7. The topological polar surface area (TPSA) is 63.2 Å². The monoisotopic (exact) mass is 535 g/mol. The number of aryl methyl sites for hydroxylation is 1. The summed E-state index contributed by atoms with van der Waals surface area (Å²) in [6.07, 6.45) is 3.82. The average molecular weight is 537 g/mol. The fourth-order valence-corrected chi connectivity index (χ4v) is 5.12. The Morgan fingerprint density at radius 3 is 2.51 bits per heavy atom. The zero-order valence-corrected chi connectivity index (χ0v) is 22.9. The van der Waals surface area contributed by atoms with Gasteiger partial charge < -0.3 is 10.1 Å². The van der Waals surface area contributed by atoms with E-state index < -0.39 is 0 Å². The number of nitrogens with zero attached hydrogens (tertiary/aromatic N) is 4. The van der Waals surface area contributed by atoms with Gasteiger partial charge in [0.25, 0.3) is 0 Å². The number of anilines is 1. The van der Waals surface area contributed by atoms with Crippen molar-refractivity contribution in [1.29, 1.82) is 0 Å². The van der Waals surface area contributed by atoms with Gasteiger partial charge in [0.15, 0.2) is 0 Å². The molecule has 0 spiro atoms.